The molecule has 2 N–H and O–H groups in total. The highest BCUT2D eigenvalue weighted by Gasteiger charge is 2.35. The Hall–Kier alpha value is -0.0800. The lowest BCUT2D eigenvalue weighted by Crippen LogP contribution is -2.54. The van der Waals surface area contributed by atoms with Gasteiger partial charge in [0.2, 0.25) is 0 Å². The molecule has 0 radical (unpaired) electrons. The maximum atomic E-state index is 4.18. The van der Waals surface area contributed by atoms with Crippen LogP contribution in [0.5, 0.6) is 0 Å². The molecule has 2 nitrogen and oxygen atoms in total. The zero-order valence-corrected chi connectivity index (χ0v) is 19.6. The first kappa shape index (κ1) is 23.2. The zero-order valence-electron chi connectivity index (χ0n) is 19.6. The Labute approximate surface area is 171 Å². The third-order valence-corrected chi connectivity index (χ3v) is 8.27. The van der Waals surface area contributed by atoms with Crippen LogP contribution in [0.3, 0.4) is 0 Å². The van der Waals surface area contributed by atoms with E-state index >= 15 is 0 Å². The molecule has 2 heteroatoms. The third-order valence-electron chi connectivity index (χ3n) is 8.27. The number of hydrogen-bond acceptors (Lipinski definition) is 2. The van der Waals surface area contributed by atoms with E-state index in [0.29, 0.717) is 18.1 Å². The highest BCUT2D eigenvalue weighted by Crippen LogP contribution is 2.42. The second-order valence-corrected chi connectivity index (χ2v) is 10.7. The minimum absolute atomic E-state index is 0.567. The van der Waals surface area contributed by atoms with Gasteiger partial charge in [-0.2, -0.15) is 0 Å². The van der Waals surface area contributed by atoms with Crippen LogP contribution in [0, 0.1) is 35.5 Å². The van der Waals surface area contributed by atoms with E-state index in [2.05, 4.69) is 59.1 Å². The largest absolute Gasteiger partial charge is 0.313 e. The molecular weight excluding hydrogens is 328 g/mol. The summed E-state index contributed by atoms with van der Waals surface area (Å²) in [4.78, 5) is 0. The lowest BCUT2D eigenvalue weighted by molar-refractivity contribution is 0.163. The van der Waals surface area contributed by atoms with Crippen LogP contribution >= 0.6 is 0 Å². The van der Waals surface area contributed by atoms with Crippen LogP contribution in [-0.4, -0.2) is 24.7 Å². The van der Waals surface area contributed by atoms with Crippen molar-refractivity contribution in [3.05, 3.63) is 0 Å². The molecule has 9 unspecified atom stereocenters. The first-order chi connectivity index (χ1) is 12.8. The molecule has 160 valence electrons. The van der Waals surface area contributed by atoms with Gasteiger partial charge >= 0.3 is 0 Å². The SMILES string of the molecule is CCCCNC(C)C(CC(C)C1CC(C)CC1C)NC1CCCC(C)C1C. The molecule has 27 heavy (non-hydrogen) atoms. The van der Waals surface area contributed by atoms with Gasteiger partial charge in [0.25, 0.3) is 0 Å². The van der Waals surface area contributed by atoms with E-state index in [1.807, 2.05) is 0 Å². The molecule has 9 atom stereocenters. The fourth-order valence-electron chi connectivity index (χ4n) is 6.13. The minimum Gasteiger partial charge on any atom is -0.313 e. The summed E-state index contributed by atoms with van der Waals surface area (Å²) in [5, 5.41) is 8.03. The van der Waals surface area contributed by atoms with Gasteiger partial charge < -0.3 is 10.6 Å². The fraction of sp³-hybridized carbons (Fsp3) is 1.00. The molecule has 0 amide bonds. The van der Waals surface area contributed by atoms with Crippen molar-refractivity contribution in [1.82, 2.24) is 10.6 Å². The summed E-state index contributed by atoms with van der Waals surface area (Å²) in [6.07, 6.45) is 11.0. The van der Waals surface area contributed by atoms with Gasteiger partial charge in [-0.3, -0.25) is 0 Å². The summed E-state index contributed by atoms with van der Waals surface area (Å²) in [5.74, 6) is 5.27. The van der Waals surface area contributed by atoms with Crippen molar-refractivity contribution >= 4 is 0 Å². The zero-order chi connectivity index (χ0) is 20.0. The molecule has 2 rings (SSSR count). The number of hydrogen-bond donors (Lipinski definition) is 2. The van der Waals surface area contributed by atoms with Crippen molar-refractivity contribution in [2.45, 2.75) is 118 Å². The molecule has 0 aliphatic heterocycles. The molecule has 0 saturated heterocycles. The maximum Gasteiger partial charge on any atom is 0.0223 e. The Bertz CT molecular complexity index is 409. The molecule has 0 aromatic carbocycles. The number of rotatable bonds is 10. The number of nitrogens with one attached hydrogen (secondary N) is 2. The average molecular weight is 379 g/mol. The van der Waals surface area contributed by atoms with Gasteiger partial charge in [-0.25, -0.2) is 0 Å². The average Bonchev–Trinajstić information content (AvgIpc) is 2.96. The molecule has 0 aromatic rings. The second kappa shape index (κ2) is 11.2. The predicted octanol–water partition coefficient (Wildman–Crippen LogP) is 6.26. The molecule has 2 saturated carbocycles. The Balaban J connectivity index is 1.99. The van der Waals surface area contributed by atoms with Crippen LogP contribution in [0.15, 0.2) is 0 Å². The number of unbranched alkanes of at least 4 members (excludes halogenated alkanes) is 1. The van der Waals surface area contributed by atoms with Crippen LogP contribution in [0.1, 0.15) is 99.8 Å². The molecule has 0 spiro atoms. The molecular formula is C25H50N2. The summed E-state index contributed by atoms with van der Waals surface area (Å²) >= 11 is 0. The van der Waals surface area contributed by atoms with Crippen molar-refractivity contribution in [1.29, 1.82) is 0 Å². The molecule has 2 aliphatic rings. The van der Waals surface area contributed by atoms with E-state index in [-0.39, 0.29) is 0 Å². The van der Waals surface area contributed by atoms with E-state index in [0.717, 1.165) is 42.1 Å². The van der Waals surface area contributed by atoms with Gasteiger partial charge in [0.05, 0.1) is 0 Å². The van der Waals surface area contributed by atoms with Gasteiger partial charge in [0.15, 0.2) is 0 Å². The summed E-state index contributed by atoms with van der Waals surface area (Å²) < 4.78 is 0. The van der Waals surface area contributed by atoms with Gasteiger partial charge in [0, 0.05) is 18.1 Å². The fourth-order valence-corrected chi connectivity index (χ4v) is 6.13. The molecule has 0 bridgehead atoms. The highest BCUT2D eigenvalue weighted by molar-refractivity contribution is 4.91. The maximum absolute atomic E-state index is 4.18. The smallest absolute Gasteiger partial charge is 0.0223 e. The monoisotopic (exact) mass is 378 g/mol. The Morgan fingerprint density at radius 2 is 1.70 bits per heavy atom. The summed E-state index contributed by atoms with van der Waals surface area (Å²) in [6, 6.07) is 1.89. The normalized spacial score (nSPS) is 37.9. The van der Waals surface area contributed by atoms with E-state index in [1.54, 1.807) is 0 Å². The van der Waals surface area contributed by atoms with Crippen molar-refractivity contribution in [3.8, 4) is 0 Å². The van der Waals surface area contributed by atoms with Crippen LogP contribution < -0.4 is 10.6 Å². The van der Waals surface area contributed by atoms with Gasteiger partial charge in [0.1, 0.15) is 0 Å². The van der Waals surface area contributed by atoms with Crippen LogP contribution in [-0.2, 0) is 0 Å². The minimum atomic E-state index is 0.567. The summed E-state index contributed by atoms with van der Waals surface area (Å²) in [5.41, 5.74) is 0. The lowest BCUT2D eigenvalue weighted by atomic mass is 9.76. The second-order valence-electron chi connectivity index (χ2n) is 10.7. The third kappa shape index (κ3) is 6.74. The Kier molecular flexibility index (Phi) is 9.62. The predicted molar refractivity (Wildman–Crippen MR) is 120 cm³/mol. The van der Waals surface area contributed by atoms with Gasteiger partial charge in [-0.05, 0) is 81.1 Å². The first-order valence-electron chi connectivity index (χ1n) is 12.3. The molecule has 0 aromatic heterocycles. The van der Waals surface area contributed by atoms with Crippen LogP contribution in [0.25, 0.3) is 0 Å². The van der Waals surface area contributed by atoms with Crippen molar-refractivity contribution in [2.75, 3.05) is 6.54 Å². The van der Waals surface area contributed by atoms with Crippen LogP contribution in [0.2, 0.25) is 0 Å². The summed E-state index contributed by atoms with van der Waals surface area (Å²) in [6.45, 7) is 18.3. The molecule has 0 heterocycles. The summed E-state index contributed by atoms with van der Waals surface area (Å²) in [7, 11) is 0. The van der Waals surface area contributed by atoms with E-state index in [4.69, 9.17) is 0 Å². The van der Waals surface area contributed by atoms with Crippen molar-refractivity contribution in [3.63, 3.8) is 0 Å². The van der Waals surface area contributed by atoms with Crippen molar-refractivity contribution < 1.29 is 0 Å². The Morgan fingerprint density at radius 1 is 0.963 bits per heavy atom. The first-order valence-corrected chi connectivity index (χ1v) is 12.3. The topological polar surface area (TPSA) is 24.1 Å². The van der Waals surface area contributed by atoms with Crippen molar-refractivity contribution in [2.24, 2.45) is 35.5 Å². The standard InChI is InChI=1S/C25H50N2/c1-8-9-13-26-22(7)25(27-24-12-10-11-18(3)21(24)6)16-20(5)23-15-17(2)14-19(23)4/h17-27H,8-16H2,1-7H3. The van der Waals surface area contributed by atoms with E-state index < -0.39 is 0 Å². The molecule has 2 aliphatic carbocycles. The highest BCUT2D eigenvalue weighted by atomic mass is 15.0. The quantitative estimate of drug-likeness (QED) is 0.439. The van der Waals surface area contributed by atoms with Crippen LogP contribution in [0.4, 0.5) is 0 Å². The van der Waals surface area contributed by atoms with Gasteiger partial charge in [-0.15, -0.1) is 0 Å². The van der Waals surface area contributed by atoms with Gasteiger partial charge in [-0.1, -0.05) is 60.8 Å². The molecule has 2 fully saturated rings. The van der Waals surface area contributed by atoms with E-state index in [1.165, 1.54) is 51.4 Å². The van der Waals surface area contributed by atoms with E-state index in [9.17, 15) is 0 Å². The Morgan fingerprint density at radius 3 is 2.33 bits per heavy atom. The lowest BCUT2D eigenvalue weighted by Gasteiger charge is -2.40.